The highest BCUT2D eigenvalue weighted by molar-refractivity contribution is 5.92. The number of hydrogen-bond donors (Lipinski definition) is 0. The molecule has 0 N–H and O–H groups in total. The second-order valence-corrected chi connectivity index (χ2v) is 8.17. The van der Waals surface area contributed by atoms with Crippen molar-refractivity contribution in [3.8, 4) is 0 Å². The largest absolute Gasteiger partial charge is 0.416 e. The summed E-state index contributed by atoms with van der Waals surface area (Å²) in [5.74, 6) is -0.240. The minimum Gasteiger partial charge on any atom is -0.341 e. The summed E-state index contributed by atoms with van der Waals surface area (Å²) in [6.45, 7) is 5.20. The zero-order valence-electron chi connectivity index (χ0n) is 17.7. The number of carbonyl (C=O) groups excluding carboxylic acids is 2. The lowest BCUT2D eigenvalue weighted by molar-refractivity contribution is -0.137. The molecule has 2 fully saturated rings. The first kappa shape index (κ1) is 23.3. The highest BCUT2D eigenvalue weighted by Gasteiger charge is 2.30. The van der Waals surface area contributed by atoms with Gasteiger partial charge in [-0.05, 0) is 62.7 Å². The van der Waals surface area contributed by atoms with Gasteiger partial charge in [0.25, 0.3) is 0 Å². The third-order valence-electron chi connectivity index (χ3n) is 5.88. The fourth-order valence-electron chi connectivity index (χ4n) is 4.08. The lowest BCUT2D eigenvalue weighted by Gasteiger charge is -2.28. The van der Waals surface area contributed by atoms with Crippen molar-refractivity contribution in [1.29, 1.82) is 0 Å². The van der Waals surface area contributed by atoms with Crippen LogP contribution in [0.1, 0.15) is 43.2 Å². The molecule has 3 rings (SSSR count). The highest BCUT2D eigenvalue weighted by atomic mass is 19.4. The number of amides is 2. The summed E-state index contributed by atoms with van der Waals surface area (Å²) in [5, 5.41) is 0. The van der Waals surface area contributed by atoms with E-state index in [0.29, 0.717) is 31.7 Å². The molecule has 0 atom stereocenters. The van der Waals surface area contributed by atoms with E-state index < -0.39 is 11.7 Å². The Labute approximate surface area is 181 Å². The lowest BCUT2D eigenvalue weighted by atomic mass is 10.1. The van der Waals surface area contributed by atoms with Gasteiger partial charge in [-0.1, -0.05) is 18.6 Å². The van der Waals surface area contributed by atoms with Crippen LogP contribution < -0.4 is 0 Å². The highest BCUT2D eigenvalue weighted by Crippen LogP contribution is 2.29. The van der Waals surface area contributed by atoms with Crippen LogP contribution in [0.15, 0.2) is 30.3 Å². The van der Waals surface area contributed by atoms with Crippen LogP contribution in [0.3, 0.4) is 0 Å². The monoisotopic (exact) mass is 437 g/mol. The van der Waals surface area contributed by atoms with E-state index in [1.807, 2.05) is 4.90 Å². The van der Waals surface area contributed by atoms with Gasteiger partial charge in [0, 0.05) is 38.7 Å². The number of alkyl halides is 3. The second-order valence-electron chi connectivity index (χ2n) is 8.17. The van der Waals surface area contributed by atoms with Crippen LogP contribution in [0.2, 0.25) is 0 Å². The summed E-state index contributed by atoms with van der Waals surface area (Å²) in [5.41, 5.74) is -0.434. The number of carbonyl (C=O) groups is 2. The van der Waals surface area contributed by atoms with Crippen molar-refractivity contribution >= 4 is 17.9 Å². The molecule has 0 spiro atoms. The van der Waals surface area contributed by atoms with Gasteiger partial charge in [0.2, 0.25) is 11.8 Å². The quantitative estimate of drug-likeness (QED) is 0.638. The van der Waals surface area contributed by atoms with Crippen molar-refractivity contribution in [3.63, 3.8) is 0 Å². The molecule has 0 aliphatic carbocycles. The first-order valence-electron chi connectivity index (χ1n) is 11.0. The zero-order chi connectivity index (χ0) is 22.3. The van der Waals surface area contributed by atoms with Crippen LogP contribution in [0, 0.1) is 0 Å². The SMILES string of the molecule is O=C(/C=C/c1cccc(C(F)(F)F)c1)N1CCC(=O)N(CCCN2CCCCC2)CC1. The Hall–Kier alpha value is -2.35. The van der Waals surface area contributed by atoms with E-state index >= 15 is 0 Å². The van der Waals surface area contributed by atoms with Gasteiger partial charge in [-0.2, -0.15) is 13.2 Å². The normalized spacial score (nSPS) is 19.1. The van der Waals surface area contributed by atoms with E-state index in [0.717, 1.165) is 38.2 Å². The van der Waals surface area contributed by atoms with Gasteiger partial charge in [-0.3, -0.25) is 9.59 Å². The van der Waals surface area contributed by atoms with Crippen LogP contribution in [0.25, 0.3) is 6.08 Å². The molecule has 8 heteroatoms. The summed E-state index contributed by atoms with van der Waals surface area (Å²) in [7, 11) is 0. The Morgan fingerprint density at radius 1 is 1.00 bits per heavy atom. The molecule has 2 heterocycles. The molecule has 2 amide bonds. The Kier molecular flexibility index (Phi) is 8.12. The summed E-state index contributed by atoms with van der Waals surface area (Å²) in [6.07, 6.45) is 3.24. The van der Waals surface area contributed by atoms with Crippen LogP contribution in [0.4, 0.5) is 13.2 Å². The van der Waals surface area contributed by atoms with Crippen molar-refractivity contribution in [3.05, 3.63) is 41.5 Å². The Morgan fingerprint density at radius 2 is 1.77 bits per heavy atom. The maximum absolute atomic E-state index is 12.8. The van der Waals surface area contributed by atoms with Gasteiger partial charge < -0.3 is 14.7 Å². The van der Waals surface area contributed by atoms with E-state index in [2.05, 4.69) is 4.90 Å². The molecule has 31 heavy (non-hydrogen) atoms. The fraction of sp³-hybridized carbons (Fsp3) is 0.565. The minimum absolute atomic E-state index is 0.0517. The average Bonchev–Trinajstić information content (AvgIpc) is 2.94. The molecule has 0 aromatic heterocycles. The van der Waals surface area contributed by atoms with Gasteiger partial charge in [0.05, 0.1) is 5.56 Å². The first-order valence-corrected chi connectivity index (χ1v) is 11.0. The maximum atomic E-state index is 12.8. The predicted molar refractivity (Wildman–Crippen MR) is 113 cm³/mol. The fourth-order valence-corrected chi connectivity index (χ4v) is 4.08. The first-order chi connectivity index (χ1) is 14.8. The molecule has 1 aromatic carbocycles. The van der Waals surface area contributed by atoms with Crippen LogP contribution >= 0.6 is 0 Å². The summed E-state index contributed by atoms with van der Waals surface area (Å²) in [4.78, 5) is 30.8. The van der Waals surface area contributed by atoms with E-state index in [4.69, 9.17) is 0 Å². The molecule has 2 aliphatic heterocycles. The average molecular weight is 438 g/mol. The molecule has 2 aliphatic rings. The Balaban J connectivity index is 1.49. The number of nitrogens with zero attached hydrogens (tertiary/aromatic N) is 3. The van der Waals surface area contributed by atoms with Crippen molar-refractivity contribution < 1.29 is 22.8 Å². The number of piperidine rings is 1. The van der Waals surface area contributed by atoms with Crippen LogP contribution in [-0.2, 0) is 15.8 Å². The predicted octanol–water partition coefficient (Wildman–Crippen LogP) is 3.66. The summed E-state index contributed by atoms with van der Waals surface area (Å²) < 4.78 is 38.5. The van der Waals surface area contributed by atoms with Crippen molar-refractivity contribution in [1.82, 2.24) is 14.7 Å². The van der Waals surface area contributed by atoms with Crippen molar-refractivity contribution in [2.45, 2.75) is 38.3 Å². The maximum Gasteiger partial charge on any atom is 0.416 e. The molecule has 5 nitrogen and oxygen atoms in total. The molecular weight excluding hydrogens is 407 g/mol. The van der Waals surface area contributed by atoms with Gasteiger partial charge in [0.1, 0.15) is 0 Å². The Bertz CT molecular complexity index is 789. The molecule has 0 bridgehead atoms. The van der Waals surface area contributed by atoms with E-state index in [-0.39, 0.29) is 18.2 Å². The third-order valence-corrected chi connectivity index (χ3v) is 5.88. The lowest BCUT2D eigenvalue weighted by Crippen LogP contribution is -2.37. The molecule has 0 unspecified atom stereocenters. The zero-order valence-corrected chi connectivity index (χ0v) is 17.7. The number of likely N-dealkylation sites (tertiary alicyclic amines) is 1. The molecule has 1 aromatic rings. The molecular formula is C23H30F3N3O2. The van der Waals surface area contributed by atoms with Crippen LogP contribution in [0.5, 0.6) is 0 Å². The van der Waals surface area contributed by atoms with Gasteiger partial charge in [-0.25, -0.2) is 0 Å². The van der Waals surface area contributed by atoms with E-state index in [1.165, 1.54) is 43.5 Å². The molecule has 0 saturated carbocycles. The van der Waals surface area contributed by atoms with Crippen molar-refractivity contribution in [2.24, 2.45) is 0 Å². The summed E-state index contributed by atoms with van der Waals surface area (Å²) >= 11 is 0. The smallest absolute Gasteiger partial charge is 0.341 e. The molecule has 0 radical (unpaired) electrons. The standard InChI is InChI=1S/C23H30F3N3O2/c24-23(25,26)20-7-4-6-19(18-20)8-9-21(30)29-15-10-22(31)28(16-17-29)14-5-13-27-11-2-1-3-12-27/h4,6-9,18H,1-3,5,10-17H2/b9-8+. The van der Waals surface area contributed by atoms with Crippen LogP contribution in [-0.4, -0.2) is 72.3 Å². The topological polar surface area (TPSA) is 43.9 Å². The Morgan fingerprint density at radius 3 is 2.52 bits per heavy atom. The van der Waals surface area contributed by atoms with Gasteiger partial charge in [-0.15, -0.1) is 0 Å². The van der Waals surface area contributed by atoms with E-state index in [1.54, 1.807) is 4.90 Å². The number of rotatable bonds is 6. The number of benzene rings is 1. The molecule has 170 valence electrons. The number of hydrogen-bond acceptors (Lipinski definition) is 3. The number of halogens is 3. The summed E-state index contributed by atoms with van der Waals surface area (Å²) in [6, 6.07) is 4.85. The van der Waals surface area contributed by atoms with E-state index in [9.17, 15) is 22.8 Å². The van der Waals surface area contributed by atoms with Gasteiger partial charge in [0.15, 0.2) is 0 Å². The van der Waals surface area contributed by atoms with Crippen molar-refractivity contribution in [2.75, 3.05) is 45.8 Å². The molecule has 2 saturated heterocycles. The second kappa shape index (κ2) is 10.8. The van der Waals surface area contributed by atoms with Gasteiger partial charge >= 0.3 is 6.18 Å². The third kappa shape index (κ3) is 7.09. The minimum atomic E-state index is -4.42.